The van der Waals surface area contributed by atoms with Crippen LogP contribution in [0.15, 0.2) is 48.6 Å². The van der Waals surface area contributed by atoms with Crippen LogP contribution >= 0.6 is 0 Å². The Kier molecular flexibility index (Phi) is 9.10. The van der Waals surface area contributed by atoms with E-state index in [1.165, 1.54) is 0 Å². The molecule has 0 aromatic heterocycles. The summed E-state index contributed by atoms with van der Waals surface area (Å²) in [4.78, 5) is 0. The molecular formula is C12H18. The third kappa shape index (κ3) is 8.96. The van der Waals surface area contributed by atoms with Crippen LogP contribution in [-0.2, 0) is 0 Å². The van der Waals surface area contributed by atoms with Gasteiger partial charge in [0, 0.05) is 0 Å². The summed E-state index contributed by atoms with van der Waals surface area (Å²) >= 11 is 0. The Morgan fingerprint density at radius 1 is 0.583 bits per heavy atom. The summed E-state index contributed by atoms with van der Waals surface area (Å²) in [6, 6.07) is 0. The second-order valence-corrected chi connectivity index (χ2v) is 2.44. The summed E-state index contributed by atoms with van der Waals surface area (Å²) in [5.74, 6) is 0. The fraction of sp³-hybridized carbons (Fsp3) is 0.333. The van der Waals surface area contributed by atoms with Crippen molar-refractivity contribution in [1.82, 2.24) is 0 Å². The third-order valence-corrected chi connectivity index (χ3v) is 1.30. The molecule has 0 aromatic carbocycles. The SMILES string of the molecule is CCC=CC=CC=CC=CCC. The molecule has 66 valence electrons. The summed E-state index contributed by atoms with van der Waals surface area (Å²) in [6.07, 6.45) is 18.7. The normalized spacial score (nSPS) is 13.2. The fourth-order valence-corrected chi connectivity index (χ4v) is 0.686. The van der Waals surface area contributed by atoms with Gasteiger partial charge in [0.05, 0.1) is 0 Å². The van der Waals surface area contributed by atoms with Crippen LogP contribution in [0, 0.1) is 0 Å². The number of hydrogen-bond donors (Lipinski definition) is 0. The molecule has 0 radical (unpaired) electrons. The van der Waals surface area contributed by atoms with Gasteiger partial charge < -0.3 is 0 Å². The van der Waals surface area contributed by atoms with Crippen LogP contribution in [0.1, 0.15) is 26.7 Å². The number of rotatable bonds is 5. The molecule has 0 aliphatic rings. The minimum absolute atomic E-state index is 1.10. The standard InChI is InChI=1S/C12H18/c1-3-5-7-9-11-12-10-8-6-4-2/h5-12H,3-4H2,1-2H3. The van der Waals surface area contributed by atoms with Crippen LogP contribution in [-0.4, -0.2) is 0 Å². The maximum atomic E-state index is 2.13. The highest BCUT2D eigenvalue weighted by molar-refractivity contribution is 5.15. The van der Waals surface area contributed by atoms with E-state index in [9.17, 15) is 0 Å². The van der Waals surface area contributed by atoms with E-state index < -0.39 is 0 Å². The van der Waals surface area contributed by atoms with E-state index in [2.05, 4.69) is 38.2 Å². The van der Waals surface area contributed by atoms with Gasteiger partial charge in [-0.2, -0.15) is 0 Å². The highest BCUT2D eigenvalue weighted by Gasteiger charge is 1.63. The van der Waals surface area contributed by atoms with Gasteiger partial charge in [-0.05, 0) is 12.8 Å². The van der Waals surface area contributed by atoms with E-state index in [-0.39, 0.29) is 0 Å². The summed E-state index contributed by atoms with van der Waals surface area (Å²) < 4.78 is 0. The lowest BCUT2D eigenvalue weighted by molar-refractivity contribution is 1.22. The van der Waals surface area contributed by atoms with E-state index in [0.717, 1.165) is 12.8 Å². The van der Waals surface area contributed by atoms with Gasteiger partial charge >= 0.3 is 0 Å². The summed E-state index contributed by atoms with van der Waals surface area (Å²) in [6.45, 7) is 4.26. The van der Waals surface area contributed by atoms with E-state index in [1.54, 1.807) is 0 Å². The molecule has 12 heavy (non-hydrogen) atoms. The molecule has 0 fully saturated rings. The maximum absolute atomic E-state index is 2.13. The minimum atomic E-state index is 1.10. The van der Waals surface area contributed by atoms with Crippen LogP contribution in [0.25, 0.3) is 0 Å². The molecule has 0 aliphatic heterocycles. The van der Waals surface area contributed by atoms with Gasteiger partial charge in [-0.3, -0.25) is 0 Å². The molecule has 0 aromatic rings. The molecule has 0 unspecified atom stereocenters. The Labute approximate surface area is 76.0 Å². The molecule has 0 spiro atoms. The van der Waals surface area contributed by atoms with Crippen molar-refractivity contribution < 1.29 is 0 Å². The quantitative estimate of drug-likeness (QED) is 0.535. The van der Waals surface area contributed by atoms with Crippen LogP contribution in [0.5, 0.6) is 0 Å². The van der Waals surface area contributed by atoms with Gasteiger partial charge in [0.2, 0.25) is 0 Å². The van der Waals surface area contributed by atoms with E-state index in [1.807, 2.05) is 24.3 Å². The topological polar surface area (TPSA) is 0 Å². The van der Waals surface area contributed by atoms with Crippen molar-refractivity contribution in [1.29, 1.82) is 0 Å². The van der Waals surface area contributed by atoms with Gasteiger partial charge in [-0.15, -0.1) is 0 Å². The molecule has 0 saturated carbocycles. The average molecular weight is 162 g/mol. The van der Waals surface area contributed by atoms with Gasteiger partial charge in [-0.25, -0.2) is 0 Å². The molecule has 0 heteroatoms. The second-order valence-electron chi connectivity index (χ2n) is 2.44. The van der Waals surface area contributed by atoms with E-state index in [0.29, 0.717) is 0 Å². The fourth-order valence-electron chi connectivity index (χ4n) is 0.686. The Morgan fingerprint density at radius 3 is 1.25 bits per heavy atom. The van der Waals surface area contributed by atoms with Gasteiger partial charge in [0.1, 0.15) is 0 Å². The summed E-state index contributed by atoms with van der Waals surface area (Å²) in [5, 5.41) is 0. The van der Waals surface area contributed by atoms with E-state index >= 15 is 0 Å². The highest BCUT2D eigenvalue weighted by Crippen LogP contribution is 1.85. The van der Waals surface area contributed by atoms with Crippen LogP contribution in [0.3, 0.4) is 0 Å². The van der Waals surface area contributed by atoms with Gasteiger partial charge in [0.25, 0.3) is 0 Å². The largest absolute Gasteiger partial charge is 0.0848 e. The van der Waals surface area contributed by atoms with Crippen molar-refractivity contribution in [2.45, 2.75) is 26.7 Å². The number of allylic oxidation sites excluding steroid dienone is 8. The first-order chi connectivity index (χ1) is 5.91. The van der Waals surface area contributed by atoms with Crippen molar-refractivity contribution in [2.75, 3.05) is 0 Å². The monoisotopic (exact) mass is 162 g/mol. The lowest BCUT2D eigenvalue weighted by Gasteiger charge is -1.75. The third-order valence-electron chi connectivity index (χ3n) is 1.30. The lowest BCUT2D eigenvalue weighted by atomic mass is 10.3. The second kappa shape index (κ2) is 9.96. The van der Waals surface area contributed by atoms with E-state index in [4.69, 9.17) is 0 Å². The summed E-state index contributed by atoms with van der Waals surface area (Å²) in [7, 11) is 0. The smallest absolute Gasteiger partial charge is 0.0376 e. The summed E-state index contributed by atoms with van der Waals surface area (Å²) in [5.41, 5.74) is 0. The first-order valence-electron chi connectivity index (χ1n) is 4.56. The zero-order valence-corrected chi connectivity index (χ0v) is 8.03. The Hall–Kier alpha value is -1.04. The highest BCUT2D eigenvalue weighted by atomic mass is 13.7. The molecule has 0 atom stereocenters. The molecule has 0 heterocycles. The van der Waals surface area contributed by atoms with Crippen molar-refractivity contribution in [3.63, 3.8) is 0 Å². The molecule has 0 saturated heterocycles. The van der Waals surface area contributed by atoms with Gasteiger partial charge in [-0.1, -0.05) is 62.5 Å². The van der Waals surface area contributed by atoms with Crippen LogP contribution in [0.2, 0.25) is 0 Å². The molecule has 0 aliphatic carbocycles. The van der Waals surface area contributed by atoms with Crippen molar-refractivity contribution in [3.8, 4) is 0 Å². The zero-order valence-electron chi connectivity index (χ0n) is 8.03. The predicted octanol–water partition coefficient (Wildman–Crippen LogP) is 4.03. The Balaban J connectivity index is 3.52. The lowest BCUT2D eigenvalue weighted by Crippen LogP contribution is -1.53. The number of hydrogen-bond acceptors (Lipinski definition) is 0. The predicted molar refractivity (Wildman–Crippen MR) is 57.1 cm³/mol. The van der Waals surface area contributed by atoms with Gasteiger partial charge in [0.15, 0.2) is 0 Å². The zero-order chi connectivity index (χ0) is 9.07. The Morgan fingerprint density at radius 2 is 0.917 bits per heavy atom. The average Bonchev–Trinajstić information content (AvgIpc) is 2.10. The molecule has 0 N–H and O–H groups in total. The van der Waals surface area contributed by atoms with Crippen molar-refractivity contribution in [2.24, 2.45) is 0 Å². The molecule has 0 bridgehead atoms. The maximum Gasteiger partial charge on any atom is -0.0376 e. The minimum Gasteiger partial charge on any atom is -0.0848 e. The molecule has 0 amide bonds. The van der Waals surface area contributed by atoms with Crippen molar-refractivity contribution >= 4 is 0 Å². The first kappa shape index (κ1) is 11.0. The Bertz CT molecular complexity index is 158. The van der Waals surface area contributed by atoms with Crippen molar-refractivity contribution in [3.05, 3.63) is 48.6 Å². The van der Waals surface area contributed by atoms with Crippen LogP contribution in [0.4, 0.5) is 0 Å². The molecule has 0 rings (SSSR count). The van der Waals surface area contributed by atoms with Crippen LogP contribution < -0.4 is 0 Å². The molecule has 0 nitrogen and oxygen atoms in total. The molecular weight excluding hydrogens is 144 g/mol. The first-order valence-corrected chi connectivity index (χ1v) is 4.56.